The molecule has 0 radical (unpaired) electrons. The molecule has 1 aliphatic rings. The summed E-state index contributed by atoms with van der Waals surface area (Å²) in [5, 5.41) is 16.9. The summed E-state index contributed by atoms with van der Waals surface area (Å²) in [7, 11) is 1.61. The highest BCUT2D eigenvalue weighted by Crippen LogP contribution is 2.46. The second kappa shape index (κ2) is 7.72. The number of anilines is 2. The molecule has 1 unspecified atom stereocenters. The van der Waals surface area contributed by atoms with Crippen LogP contribution in [0.4, 0.5) is 11.4 Å². The molecule has 5 nitrogen and oxygen atoms in total. The van der Waals surface area contributed by atoms with Gasteiger partial charge in [0.25, 0.3) is 5.91 Å². The van der Waals surface area contributed by atoms with Crippen molar-refractivity contribution in [3.8, 4) is 11.5 Å². The van der Waals surface area contributed by atoms with Crippen LogP contribution in [-0.4, -0.2) is 18.1 Å². The summed E-state index contributed by atoms with van der Waals surface area (Å²) in [6.45, 7) is 1.88. The maximum absolute atomic E-state index is 13.3. The Morgan fingerprint density at radius 1 is 1.00 bits per heavy atom. The van der Waals surface area contributed by atoms with Gasteiger partial charge >= 0.3 is 0 Å². The lowest BCUT2D eigenvalue weighted by Gasteiger charge is -2.31. The number of aromatic hydroxyl groups is 1. The Kier molecular flexibility index (Phi) is 4.96. The first-order chi connectivity index (χ1) is 14.1. The summed E-state index contributed by atoms with van der Waals surface area (Å²) in [6.07, 6.45) is 0. The normalized spacial score (nSPS) is 15.3. The van der Waals surface area contributed by atoms with Gasteiger partial charge in [-0.25, -0.2) is 0 Å². The molecular formula is C24H22N2O3. The third kappa shape index (κ3) is 3.55. The molecule has 1 heterocycles. The van der Waals surface area contributed by atoms with Crippen molar-refractivity contribution in [3.05, 3.63) is 95.2 Å². The Bertz CT molecular complexity index is 1070. The lowest BCUT2D eigenvalue weighted by Crippen LogP contribution is -2.27. The minimum Gasteiger partial charge on any atom is -0.508 e. The number of carbonyl (C=O) groups excluding carboxylic acids is 1. The molecule has 0 spiro atoms. The van der Waals surface area contributed by atoms with Crippen LogP contribution in [0.25, 0.3) is 0 Å². The van der Waals surface area contributed by atoms with Crippen molar-refractivity contribution in [2.45, 2.75) is 12.8 Å². The van der Waals surface area contributed by atoms with Crippen molar-refractivity contribution in [2.75, 3.05) is 17.7 Å². The number of allylic oxidation sites excluding steroid dienone is 1. The number of hydrogen-bond donors (Lipinski definition) is 3. The highest BCUT2D eigenvalue weighted by molar-refractivity contribution is 6.07. The summed E-state index contributed by atoms with van der Waals surface area (Å²) in [5.41, 5.74) is 4.40. The monoisotopic (exact) mass is 386 g/mol. The van der Waals surface area contributed by atoms with E-state index in [9.17, 15) is 9.90 Å². The number of nitrogens with one attached hydrogen (secondary N) is 2. The van der Waals surface area contributed by atoms with E-state index in [1.165, 1.54) is 0 Å². The third-order valence-corrected chi connectivity index (χ3v) is 5.11. The van der Waals surface area contributed by atoms with E-state index >= 15 is 0 Å². The smallest absolute Gasteiger partial charge is 0.254 e. The summed E-state index contributed by atoms with van der Waals surface area (Å²) >= 11 is 0. The number of phenols is 1. The minimum absolute atomic E-state index is 0.147. The molecule has 3 N–H and O–H groups in total. The average molecular weight is 386 g/mol. The molecule has 5 heteroatoms. The van der Waals surface area contributed by atoms with E-state index in [4.69, 9.17) is 4.74 Å². The van der Waals surface area contributed by atoms with Crippen molar-refractivity contribution in [1.29, 1.82) is 0 Å². The Balaban J connectivity index is 1.82. The zero-order valence-corrected chi connectivity index (χ0v) is 16.3. The van der Waals surface area contributed by atoms with Crippen LogP contribution in [0, 0.1) is 0 Å². The van der Waals surface area contributed by atoms with Gasteiger partial charge in [0, 0.05) is 34.1 Å². The van der Waals surface area contributed by atoms with Crippen LogP contribution in [0.15, 0.2) is 84.1 Å². The number of benzene rings is 3. The zero-order valence-electron chi connectivity index (χ0n) is 16.3. The molecule has 0 saturated carbocycles. The summed E-state index contributed by atoms with van der Waals surface area (Å²) in [6, 6.07) is 22.2. The molecule has 1 aliphatic heterocycles. The predicted octanol–water partition coefficient (Wildman–Crippen LogP) is 4.87. The van der Waals surface area contributed by atoms with Gasteiger partial charge in [-0.1, -0.05) is 36.4 Å². The van der Waals surface area contributed by atoms with Gasteiger partial charge in [0.2, 0.25) is 0 Å². The summed E-state index contributed by atoms with van der Waals surface area (Å²) < 4.78 is 5.27. The number of methoxy groups -OCH3 is 1. The van der Waals surface area contributed by atoms with E-state index in [1.54, 1.807) is 19.2 Å². The quantitative estimate of drug-likeness (QED) is 0.598. The second-order valence-corrected chi connectivity index (χ2v) is 6.93. The fourth-order valence-electron chi connectivity index (χ4n) is 3.75. The van der Waals surface area contributed by atoms with Gasteiger partial charge in [-0.15, -0.1) is 0 Å². The number of ether oxygens (including phenoxy) is 1. The lowest BCUT2D eigenvalue weighted by atomic mass is 9.80. The number of hydrogen-bond acceptors (Lipinski definition) is 4. The predicted molar refractivity (Wildman–Crippen MR) is 114 cm³/mol. The van der Waals surface area contributed by atoms with Gasteiger partial charge < -0.3 is 20.5 Å². The average Bonchev–Trinajstić information content (AvgIpc) is 2.73. The second-order valence-electron chi connectivity index (χ2n) is 6.93. The standard InChI is InChI=1S/C24H22N2O3/c1-15-21(24(28)26-17-7-4-3-5-8-17)22(16-11-13-18(29-2)14-12-16)23-19(25-15)9-6-10-20(23)27/h3-14,22,25,27H,1-2H3,(H,26,28). The molecule has 4 rings (SSSR count). The molecule has 1 atom stereocenters. The van der Waals surface area contributed by atoms with Gasteiger partial charge in [0.15, 0.2) is 0 Å². The van der Waals surface area contributed by atoms with Gasteiger partial charge in [-0.2, -0.15) is 0 Å². The molecule has 3 aromatic rings. The molecule has 0 saturated heterocycles. The Hall–Kier alpha value is -3.73. The first-order valence-corrected chi connectivity index (χ1v) is 9.38. The Labute approximate surface area is 169 Å². The third-order valence-electron chi connectivity index (χ3n) is 5.11. The molecule has 0 bridgehead atoms. The number of fused-ring (bicyclic) bond motifs is 1. The van der Waals surface area contributed by atoms with Crippen LogP contribution >= 0.6 is 0 Å². The fraction of sp³-hybridized carbons (Fsp3) is 0.125. The van der Waals surface area contributed by atoms with E-state index in [1.807, 2.05) is 67.6 Å². The lowest BCUT2D eigenvalue weighted by molar-refractivity contribution is -0.113. The Morgan fingerprint density at radius 3 is 2.41 bits per heavy atom. The topological polar surface area (TPSA) is 70.6 Å². The fourth-order valence-corrected chi connectivity index (χ4v) is 3.75. The molecule has 146 valence electrons. The van der Waals surface area contributed by atoms with Gasteiger partial charge in [-0.3, -0.25) is 4.79 Å². The van der Waals surface area contributed by atoms with Crippen molar-refractivity contribution < 1.29 is 14.6 Å². The van der Waals surface area contributed by atoms with Gasteiger partial charge in [0.1, 0.15) is 11.5 Å². The van der Waals surface area contributed by atoms with E-state index in [0.717, 1.165) is 28.4 Å². The van der Waals surface area contributed by atoms with Crippen LogP contribution in [-0.2, 0) is 4.79 Å². The van der Waals surface area contributed by atoms with E-state index in [2.05, 4.69) is 10.6 Å². The van der Waals surface area contributed by atoms with E-state index in [-0.39, 0.29) is 11.7 Å². The van der Waals surface area contributed by atoms with Crippen molar-refractivity contribution in [1.82, 2.24) is 0 Å². The Morgan fingerprint density at radius 2 is 1.72 bits per heavy atom. The van der Waals surface area contributed by atoms with Crippen LogP contribution in [0.5, 0.6) is 11.5 Å². The van der Waals surface area contributed by atoms with Crippen molar-refractivity contribution in [3.63, 3.8) is 0 Å². The summed E-state index contributed by atoms with van der Waals surface area (Å²) in [4.78, 5) is 13.3. The van der Waals surface area contributed by atoms with Gasteiger partial charge in [-0.05, 0) is 48.9 Å². The zero-order chi connectivity index (χ0) is 20.4. The number of carbonyl (C=O) groups is 1. The number of para-hydroxylation sites is 1. The van der Waals surface area contributed by atoms with Crippen LogP contribution in [0.2, 0.25) is 0 Å². The molecule has 0 aromatic heterocycles. The molecule has 0 fully saturated rings. The SMILES string of the molecule is COc1ccc(C2C(C(=O)Nc3ccccc3)=C(C)Nc3cccc(O)c32)cc1. The highest BCUT2D eigenvalue weighted by atomic mass is 16.5. The van der Waals surface area contributed by atoms with Crippen LogP contribution in [0.1, 0.15) is 24.0 Å². The number of amides is 1. The maximum atomic E-state index is 13.3. The van der Waals surface area contributed by atoms with Gasteiger partial charge in [0.05, 0.1) is 7.11 Å². The van der Waals surface area contributed by atoms with Crippen molar-refractivity contribution in [2.24, 2.45) is 0 Å². The molecular weight excluding hydrogens is 364 g/mol. The molecule has 1 amide bonds. The number of phenolic OH excluding ortho intramolecular Hbond substituents is 1. The molecule has 29 heavy (non-hydrogen) atoms. The van der Waals surface area contributed by atoms with E-state index < -0.39 is 5.92 Å². The first kappa shape index (κ1) is 18.6. The molecule has 3 aromatic carbocycles. The van der Waals surface area contributed by atoms with Crippen molar-refractivity contribution >= 4 is 17.3 Å². The van der Waals surface area contributed by atoms with Crippen LogP contribution in [0.3, 0.4) is 0 Å². The highest BCUT2D eigenvalue weighted by Gasteiger charge is 2.34. The maximum Gasteiger partial charge on any atom is 0.254 e. The first-order valence-electron chi connectivity index (χ1n) is 9.38. The minimum atomic E-state index is -0.415. The summed E-state index contributed by atoms with van der Waals surface area (Å²) in [5.74, 6) is 0.252. The van der Waals surface area contributed by atoms with E-state index in [0.29, 0.717) is 11.1 Å². The largest absolute Gasteiger partial charge is 0.508 e. The van der Waals surface area contributed by atoms with Crippen LogP contribution < -0.4 is 15.4 Å². The molecule has 0 aliphatic carbocycles. The number of rotatable bonds is 4.